The predicted molar refractivity (Wildman–Crippen MR) is 151 cm³/mol. The van der Waals surface area contributed by atoms with Crippen LogP contribution in [-0.2, 0) is 17.5 Å². The lowest BCUT2D eigenvalue weighted by Gasteiger charge is -2.21. The Morgan fingerprint density at radius 1 is 1.21 bits per heavy atom. The first-order valence-electron chi connectivity index (χ1n) is 13.3. The van der Waals surface area contributed by atoms with Gasteiger partial charge in [-0.15, -0.1) is 0 Å². The number of benzene rings is 2. The van der Waals surface area contributed by atoms with E-state index in [9.17, 15) is 33.1 Å². The topological polar surface area (TPSA) is 125 Å². The summed E-state index contributed by atoms with van der Waals surface area (Å²) in [5.74, 6) is -0.764. The van der Waals surface area contributed by atoms with E-state index in [-0.39, 0.29) is 46.2 Å². The number of para-hydroxylation sites is 1. The number of amides is 1. The summed E-state index contributed by atoms with van der Waals surface area (Å²) in [7, 11) is 1.50. The van der Waals surface area contributed by atoms with Gasteiger partial charge in [0.1, 0.15) is 23.2 Å². The van der Waals surface area contributed by atoms with E-state index >= 15 is 0 Å². The number of carbonyl (C=O) groups excluding carboxylic acids is 1. The van der Waals surface area contributed by atoms with Crippen molar-refractivity contribution < 1.29 is 37.3 Å². The van der Waals surface area contributed by atoms with E-state index in [4.69, 9.17) is 21.1 Å². The molecule has 1 aliphatic rings. The minimum absolute atomic E-state index is 0.0135. The van der Waals surface area contributed by atoms with Gasteiger partial charge in [-0.25, -0.2) is 0 Å². The van der Waals surface area contributed by atoms with Crippen molar-refractivity contribution in [2.75, 3.05) is 26.8 Å². The zero-order valence-corrected chi connectivity index (χ0v) is 23.8. The smallest absolute Gasteiger partial charge is 0.433 e. The third-order valence-corrected chi connectivity index (χ3v) is 7.36. The van der Waals surface area contributed by atoms with Gasteiger partial charge < -0.3 is 19.9 Å². The maximum Gasteiger partial charge on any atom is 0.433 e. The summed E-state index contributed by atoms with van der Waals surface area (Å²) in [5.41, 5.74) is -0.691. The first-order chi connectivity index (χ1) is 20.5. The molecule has 1 aliphatic heterocycles. The number of rotatable bonds is 11. The van der Waals surface area contributed by atoms with Crippen molar-refractivity contribution in [2.24, 2.45) is 0 Å². The zero-order chi connectivity index (χ0) is 31.1. The van der Waals surface area contributed by atoms with E-state index in [0.717, 1.165) is 12.6 Å². The van der Waals surface area contributed by atoms with Gasteiger partial charge in [0.05, 0.1) is 35.9 Å². The normalized spacial score (nSPS) is 15.1. The molecule has 2 N–H and O–H groups in total. The van der Waals surface area contributed by atoms with E-state index in [1.165, 1.54) is 19.2 Å². The number of nitrogens with zero attached hydrogens (tertiary/aromatic N) is 3. The molecule has 2 aromatic carbocycles. The Bertz CT molecular complexity index is 1540. The van der Waals surface area contributed by atoms with Gasteiger partial charge in [-0.05, 0) is 44.0 Å². The fourth-order valence-corrected chi connectivity index (χ4v) is 5.17. The average molecular weight is 617 g/mol. The minimum Gasteiger partial charge on any atom is -0.496 e. The molecule has 0 aliphatic carbocycles. The fraction of sp³-hybridized carbons (Fsp3) is 0.333. The first kappa shape index (κ1) is 31.6. The minimum atomic E-state index is -4.76. The molecule has 3 aromatic rings. The molecule has 0 spiro atoms. The number of carboxylic acid groups (broad SMARTS) is 1. The van der Waals surface area contributed by atoms with E-state index in [1.54, 1.807) is 30.3 Å². The van der Waals surface area contributed by atoms with Crippen molar-refractivity contribution in [1.82, 2.24) is 15.2 Å². The summed E-state index contributed by atoms with van der Waals surface area (Å²) in [4.78, 5) is 30.2. The molecule has 0 bridgehead atoms. The number of likely N-dealkylation sites (tertiary alicyclic amines) is 1. The Morgan fingerprint density at radius 2 is 1.98 bits per heavy atom. The van der Waals surface area contributed by atoms with Crippen LogP contribution in [0.2, 0.25) is 5.02 Å². The molecular weight excluding hydrogens is 589 g/mol. The molecular formula is C30H28ClF3N4O5. The number of hydrogen-bond acceptors (Lipinski definition) is 7. The van der Waals surface area contributed by atoms with E-state index in [0.29, 0.717) is 43.3 Å². The van der Waals surface area contributed by atoms with E-state index in [2.05, 4.69) is 10.3 Å². The Balaban J connectivity index is 1.62. The Kier molecular flexibility index (Phi) is 10.1. The molecule has 1 amide bonds. The summed E-state index contributed by atoms with van der Waals surface area (Å²) >= 11 is 6.52. The highest BCUT2D eigenvalue weighted by molar-refractivity contribution is 6.33. The van der Waals surface area contributed by atoms with Gasteiger partial charge in [0.15, 0.2) is 0 Å². The van der Waals surface area contributed by atoms with Crippen molar-refractivity contribution >= 4 is 23.5 Å². The number of ether oxygens (including phenoxy) is 2. The van der Waals surface area contributed by atoms with Crippen molar-refractivity contribution in [3.63, 3.8) is 0 Å². The van der Waals surface area contributed by atoms with Crippen LogP contribution in [0.15, 0.2) is 48.7 Å². The third kappa shape index (κ3) is 7.55. The summed E-state index contributed by atoms with van der Waals surface area (Å²) in [5, 5.41) is 21.8. The summed E-state index contributed by atoms with van der Waals surface area (Å²) in [6, 6.07) is 11.6. The molecule has 0 unspecified atom stereocenters. The Hall–Kier alpha value is -4.34. The standard InChI is InChI=1S/C30H28ClF3N4O5/c1-42-25-8-3-2-6-18(25)16-37-28(39)21-13-20(22-17-36-27(30(32,33)34)12-19(22)15-35)23(31)14-26(21)43-11-5-10-38-9-4-7-24(38)29(40)41/h2-3,6,8,12-14,17,24H,4-5,7,9-11,16H2,1H3,(H,37,39)(H,40,41)/t24-/m0/s1. The molecule has 1 fully saturated rings. The highest BCUT2D eigenvalue weighted by Gasteiger charge is 2.33. The second kappa shape index (κ2) is 13.8. The molecule has 1 saturated heterocycles. The fourth-order valence-electron chi connectivity index (χ4n) is 4.92. The van der Waals surface area contributed by atoms with Crippen LogP contribution in [0, 0.1) is 11.3 Å². The Morgan fingerprint density at radius 3 is 2.67 bits per heavy atom. The maximum absolute atomic E-state index is 13.5. The van der Waals surface area contributed by atoms with Crippen LogP contribution in [-0.4, -0.2) is 59.7 Å². The highest BCUT2D eigenvalue weighted by atomic mass is 35.5. The molecule has 4 rings (SSSR count). The van der Waals surface area contributed by atoms with Crippen LogP contribution in [0.4, 0.5) is 13.2 Å². The van der Waals surface area contributed by atoms with E-state index < -0.39 is 29.8 Å². The second-order valence-electron chi connectivity index (χ2n) is 9.78. The van der Waals surface area contributed by atoms with Gasteiger partial charge in [0, 0.05) is 42.0 Å². The van der Waals surface area contributed by atoms with E-state index in [1.807, 2.05) is 4.90 Å². The van der Waals surface area contributed by atoms with Gasteiger partial charge in [0.25, 0.3) is 5.91 Å². The van der Waals surface area contributed by atoms with Gasteiger partial charge in [0.2, 0.25) is 0 Å². The summed E-state index contributed by atoms with van der Waals surface area (Å²) in [6.07, 6.45) is -2.03. The zero-order valence-electron chi connectivity index (χ0n) is 23.1. The molecule has 43 heavy (non-hydrogen) atoms. The molecule has 0 radical (unpaired) electrons. The van der Waals surface area contributed by atoms with Crippen LogP contribution in [0.1, 0.15) is 46.4 Å². The third-order valence-electron chi connectivity index (χ3n) is 7.05. The molecule has 1 aromatic heterocycles. The number of methoxy groups -OCH3 is 1. The number of pyridine rings is 1. The molecule has 9 nitrogen and oxygen atoms in total. The van der Waals surface area contributed by atoms with Gasteiger partial charge in [-0.1, -0.05) is 29.8 Å². The first-order valence-corrected chi connectivity index (χ1v) is 13.7. The average Bonchev–Trinajstić information content (AvgIpc) is 3.46. The molecule has 1 atom stereocenters. The number of aliphatic carboxylic acids is 1. The second-order valence-corrected chi connectivity index (χ2v) is 10.2. The molecule has 0 saturated carbocycles. The van der Waals surface area contributed by atoms with Crippen LogP contribution in [0.25, 0.3) is 11.1 Å². The number of aromatic nitrogens is 1. The SMILES string of the molecule is COc1ccccc1CNC(=O)c1cc(-c2cnc(C(F)(F)F)cc2C#N)c(Cl)cc1OCCCN1CCC[C@H]1C(=O)O. The molecule has 13 heteroatoms. The number of nitrogens with one attached hydrogen (secondary N) is 1. The monoisotopic (exact) mass is 616 g/mol. The maximum atomic E-state index is 13.5. The Labute approximate surface area is 250 Å². The van der Waals surface area contributed by atoms with Crippen LogP contribution < -0.4 is 14.8 Å². The number of carboxylic acids is 1. The molecule has 2 heterocycles. The lowest BCUT2D eigenvalue weighted by Crippen LogP contribution is -2.37. The predicted octanol–water partition coefficient (Wildman–Crippen LogP) is 5.55. The number of alkyl halides is 3. The van der Waals surface area contributed by atoms with Crippen molar-refractivity contribution in [3.8, 4) is 28.7 Å². The highest BCUT2D eigenvalue weighted by Crippen LogP contribution is 2.38. The number of nitriles is 1. The quantitative estimate of drug-likeness (QED) is 0.269. The van der Waals surface area contributed by atoms with Crippen molar-refractivity contribution in [2.45, 2.75) is 38.0 Å². The van der Waals surface area contributed by atoms with Crippen LogP contribution in [0.5, 0.6) is 11.5 Å². The van der Waals surface area contributed by atoms with Gasteiger partial charge in [-0.3, -0.25) is 19.5 Å². The summed E-state index contributed by atoms with van der Waals surface area (Å²) in [6.45, 7) is 1.37. The van der Waals surface area contributed by atoms with Crippen LogP contribution in [0.3, 0.4) is 0 Å². The lowest BCUT2D eigenvalue weighted by molar-refractivity contribution is -0.142. The van der Waals surface area contributed by atoms with Crippen molar-refractivity contribution in [1.29, 1.82) is 5.26 Å². The number of hydrogen-bond donors (Lipinski definition) is 2. The van der Waals surface area contributed by atoms with Crippen molar-refractivity contribution in [3.05, 3.63) is 76.1 Å². The number of carbonyl (C=O) groups is 2. The summed E-state index contributed by atoms with van der Waals surface area (Å²) < 4.78 is 50.9. The van der Waals surface area contributed by atoms with Gasteiger partial charge in [-0.2, -0.15) is 18.4 Å². The van der Waals surface area contributed by atoms with Gasteiger partial charge >= 0.3 is 12.1 Å². The lowest BCUT2D eigenvalue weighted by atomic mass is 9.98. The van der Waals surface area contributed by atoms with Crippen LogP contribution >= 0.6 is 11.6 Å². The number of halogens is 4. The largest absolute Gasteiger partial charge is 0.496 e. The molecule has 226 valence electrons.